The summed E-state index contributed by atoms with van der Waals surface area (Å²) in [7, 11) is 0. The van der Waals surface area contributed by atoms with E-state index in [1.807, 2.05) is 0 Å². The molecule has 0 amide bonds. The van der Waals surface area contributed by atoms with Crippen LogP contribution < -0.4 is 10.3 Å². The molecule has 4 nitrogen and oxygen atoms in total. The Labute approximate surface area is 160 Å². The van der Waals surface area contributed by atoms with Gasteiger partial charge in [-0.1, -0.05) is 11.6 Å². The molecule has 1 aromatic heterocycles. The Morgan fingerprint density at radius 3 is 2.65 bits per heavy atom. The van der Waals surface area contributed by atoms with E-state index in [2.05, 4.69) is 0 Å². The Hall–Kier alpha value is -1.72. The number of rotatable bonds is 3. The standard InChI is InChI=1S/C19H18Cl2FNO3/c20-13-6-5-10-7-12(13)19(25)23(18(10)24)16-9-17(14(21)8-15(16)22)26-11-3-1-2-4-11/h7-9,11,13,24H,1-6H2. The SMILES string of the molecule is O=c1c2cc(c(O)n1-c1cc(OC3CCCC3)c(Cl)cc1F)CCC2Cl. The summed E-state index contributed by atoms with van der Waals surface area (Å²) >= 11 is 12.4. The molecule has 1 atom stereocenters. The third kappa shape index (κ3) is 2.97. The molecule has 4 rings (SSSR count). The summed E-state index contributed by atoms with van der Waals surface area (Å²) in [5.41, 5.74) is 0.320. The second-order valence-corrected chi connectivity index (χ2v) is 7.79. The fourth-order valence-corrected chi connectivity index (χ4v) is 4.18. The number of aryl methyl sites for hydroxylation is 1. The van der Waals surface area contributed by atoms with Crippen molar-refractivity contribution in [1.82, 2.24) is 4.57 Å². The molecule has 1 saturated carbocycles. The second kappa shape index (κ2) is 6.78. The van der Waals surface area contributed by atoms with Crippen molar-refractivity contribution in [3.63, 3.8) is 0 Å². The maximum absolute atomic E-state index is 14.6. The zero-order chi connectivity index (χ0) is 18.4. The van der Waals surface area contributed by atoms with Gasteiger partial charge >= 0.3 is 0 Å². The fourth-order valence-electron chi connectivity index (χ4n) is 3.72. The lowest BCUT2D eigenvalue weighted by Gasteiger charge is -2.22. The molecule has 2 bridgehead atoms. The lowest BCUT2D eigenvalue weighted by atomic mass is 9.97. The number of hydrogen-bond acceptors (Lipinski definition) is 3. The summed E-state index contributed by atoms with van der Waals surface area (Å²) in [5.74, 6) is -0.663. The van der Waals surface area contributed by atoms with Crippen LogP contribution in [0, 0.1) is 5.82 Å². The first-order valence-electron chi connectivity index (χ1n) is 8.73. The van der Waals surface area contributed by atoms with Gasteiger partial charge in [-0.2, -0.15) is 0 Å². The van der Waals surface area contributed by atoms with Crippen molar-refractivity contribution in [3.05, 3.63) is 50.5 Å². The highest BCUT2D eigenvalue weighted by molar-refractivity contribution is 6.32. The van der Waals surface area contributed by atoms with Gasteiger partial charge in [-0.3, -0.25) is 4.79 Å². The number of alkyl halides is 1. The smallest absolute Gasteiger partial charge is 0.262 e. The molecule has 0 spiro atoms. The average Bonchev–Trinajstić information content (AvgIpc) is 3.11. The van der Waals surface area contributed by atoms with Crippen LogP contribution in [0.5, 0.6) is 11.6 Å². The normalized spacial score (nSPS) is 19.7. The molecule has 7 heteroatoms. The number of fused-ring (bicyclic) bond motifs is 2. The van der Waals surface area contributed by atoms with Crippen LogP contribution in [0.25, 0.3) is 5.69 Å². The summed E-state index contributed by atoms with van der Waals surface area (Å²) in [5, 5.41) is 10.2. The van der Waals surface area contributed by atoms with Crippen LogP contribution in [0.1, 0.15) is 48.6 Å². The molecule has 0 radical (unpaired) electrons. The number of halogens is 3. The minimum atomic E-state index is -0.707. The third-order valence-electron chi connectivity index (χ3n) is 5.12. The minimum Gasteiger partial charge on any atom is -0.494 e. The van der Waals surface area contributed by atoms with E-state index < -0.39 is 16.8 Å². The Balaban J connectivity index is 1.85. The van der Waals surface area contributed by atoms with Crippen LogP contribution >= 0.6 is 23.2 Å². The predicted molar refractivity (Wildman–Crippen MR) is 98.5 cm³/mol. The molecule has 1 fully saturated rings. The summed E-state index contributed by atoms with van der Waals surface area (Å²) in [4.78, 5) is 12.8. The highest BCUT2D eigenvalue weighted by Gasteiger charge is 2.27. The van der Waals surface area contributed by atoms with Crippen molar-refractivity contribution < 1.29 is 14.2 Å². The first-order chi connectivity index (χ1) is 12.5. The van der Waals surface area contributed by atoms with Gasteiger partial charge < -0.3 is 9.84 Å². The van der Waals surface area contributed by atoms with Crippen LogP contribution in [0.2, 0.25) is 5.02 Å². The number of benzene rings is 1. The van der Waals surface area contributed by atoms with Crippen LogP contribution in [-0.2, 0) is 6.42 Å². The van der Waals surface area contributed by atoms with Crippen LogP contribution in [0.15, 0.2) is 23.0 Å². The zero-order valence-corrected chi connectivity index (χ0v) is 15.5. The van der Waals surface area contributed by atoms with Crippen LogP contribution in [0.4, 0.5) is 4.39 Å². The van der Waals surface area contributed by atoms with E-state index in [-0.39, 0.29) is 22.7 Å². The first kappa shape index (κ1) is 17.7. The van der Waals surface area contributed by atoms with Crippen molar-refractivity contribution in [2.24, 2.45) is 0 Å². The van der Waals surface area contributed by atoms with Gasteiger partial charge in [-0.25, -0.2) is 8.96 Å². The van der Waals surface area contributed by atoms with E-state index in [4.69, 9.17) is 27.9 Å². The number of nitrogens with zero attached hydrogens (tertiary/aromatic N) is 1. The fraction of sp³-hybridized carbons (Fsp3) is 0.421. The van der Waals surface area contributed by atoms with Gasteiger partial charge in [0.15, 0.2) is 0 Å². The molecule has 1 heterocycles. The number of aromatic nitrogens is 1. The number of hydrogen-bond donors (Lipinski definition) is 1. The quantitative estimate of drug-likeness (QED) is 0.750. The van der Waals surface area contributed by atoms with Crippen molar-refractivity contribution in [2.75, 3.05) is 0 Å². The molecule has 1 aromatic carbocycles. The van der Waals surface area contributed by atoms with Crippen LogP contribution in [-0.4, -0.2) is 15.8 Å². The van der Waals surface area contributed by atoms with Crippen molar-refractivity contribution in [1.29, 1.82) is 0 Å². The highest BCUT2D eigenvalue weighted by Crippen LogP contribution is 2.37. The van der Waals surface area contributed by atoms with E-state index in [1.165, 1.54) is 6.07 Å². The maximum Gasteiger partial charge on any atom is 0.262 e. The van der Waals surface area contributed by atoms with Gasteiger partial charge in [0.25, 0.3) is 5.56 Å². The first-order valence-corrected chi connectivity index (χ1v) is 9.55. The monoisotopic (exact) mass is 397 g/mol. The average molecular weight is 398 g/mol. The second-order valence-electron chi connectivity index (χ2n) is 6.85. The van der Waals surface area contributed by atoms with Crippen LogP contribution in [0.3, 0.4) is 0 Å². The molecule has 1 unspecified atom stereocenters. The highest BCUT2D eigenvalue weighted by atomic mass is 35.5. The molecule has 0 aliphatic heterocycles. The summed E-state index contributed by atoms with van der Waals surface area (Å²) in [6.07, 6.45) is 5.12. The molecule has 1 N–H and O–H groups in total. The zero-order valence-electron chi connectivity index (χ0n) is 14.0. The summed E-state index contributed by atoms with van der Waals surface area (Å²) in [6, 6.07) is 4.10. The molecule has 0 saturated heterocycles. The Kier molecular flexibility index (Phi) is 4.61. The van der Waals surface area contributed by atoms with Crippen molar-refractivity contribution >= 4 is 23.2 Å². The lowest BCUT2D eigenvalue weighted by Crippen LogP contribution is -2.27. The predicted octanol–water partition coefficient (Wildman–Crippen LogP) is 4.88. The van der Waals surface area contributed by atoms with E-state index >= 15 is 0 Å². The molecular formula is C19H18Cl2FNO3. The van der Waals surface area contributed by atoms with Gasteiger partial charge in [0.05, 0.1) is 22.2 Å². The molecule has 2 aromatic rings. The van der Waals surface area contributed by atoms with Crippen molar-refractivity contribution in [3.8, 4) is 17.3 Å². The molecule has 2 aliphatic carbocycles. The Bertz CT molecular complexity index is 922. The Morgan fingerprint density at radius 2 is 1.92 bits per heavy atom. The van der Waals surface area contributed by atoms with E-state index in [9.17, 15) is 14.3 Å². The number of pyridine rings is 1. The summed E-state index contributed by atoms with van der Waals surface area (Å²) in [6.45, 7) is 0. The lowest BCUT2D eigenvalue weighted by molar-refractivity contribution is 0.210. The minimum absolute atomic E-state index is 0.0316. The number of aromatic hydroxyl groups is 1. The number of ether oxygens (including phenoxy) is 1. The maximum atomic E-state index is 14.6. The molecule has 138 valence electrons. The third-order valence-corrected chi connectivity index (χ3v) is 5.87. The van der Waals surface area contributed by atoms with Gasteiger partial charge in [-0.05, 0) is 50.7 Å². The molecule has 2 aliphatic rings. The van der Waals surface area contributed by atoms with Gasteiger partial charge in [-0.15, -0.1) is 11.6 Å². The van der Waals surface area contributed by atoms with Gasteiger partial charge in [0, 0.05) is 17.2 Å². The van der Waals surface area contributed by atoms with Gasteiger partial charge in [0.1, 0.15) is 11.6 Å². The Morgan fingerprint density at radius 1 is 1.19 bits per heavy atom. The van der Waals surface area contributed by atoms with Gasteiger partial charge in [0.2, 0.25) is 5.88 Å². The molecular weight excluding hydrogens is 380 g/mol. The van der Waals surface area contributed by atoms with Crippen molar-refractivity contribution in [2.45, 2.75) is 50.0 Å². The summed E-state index contributed by atoms with van der Waals surface area (Å²) < 4.78 is 21.5. The largest absolute Gasteiger partial charge is 0.494 e. The van der Waals surface area contributed by atoms with E-state index in [0.717, 1.165) is 36.3 Å². The van der Waals surface area contributed by atoms with E-state index in [0.29, 0.717) is 29.7 Å². The van der Waals surface area contributed by atoms with E-state index in [1.54, 1.807) is 6.07 Å². The molecule has 26 heavy (non-hydrogen) atoms. The topological polar surface area (TPSA) is 51.5 Å².